The molecule has 1 rings (SSSR count). The van der Waals surface area contributed by atoms with E-state index in [-0.39, 0.29) is 0 Å². The van der Waals surface area contributed by atoms with Crippen molar-refractivity contribution < 1.29 is 4.74 Å². The van der Waals surface area contributed by atoms with Gasteiger partial charge in [-0.3, -0.25) is 0 Å². The van der Waals surface area contributed by atoms with E-state index in [1.54, 1.807) is 6.07 Å². The van der Waals surface area contributed by atoms with Crippen molar-refractivity contribution in [2.45, 2.75) is 13.5 Å². The summed E-state index contributed by atoms with van der Waals surface area (Å²) >= 11 is 5.85. The Hall–Kier alpha value is -0.930. The number of hydrogen-bond donors (Lipinski definition) is 2. The number of rotatable bonds is 3. The molecule has 4 N–H and O–H groups in total. The third-order valence-corrected chi connectivity index (χ3v) is 2.02. The monoisotopic (exact) mass is 199 g/mol. The molecule has 0 aliphatic heterocycles. The van der Waals surface area contributed by atoms with Gasteiger partial charge in [-0.25, -0.2) is 0 Å². The first kappa shape index (κ1) is 10.2. The molecule has 3 nitrogen and oxygen atoms in total. The fourth-order valence-corrected chi connectivity index (χ4v) is 1.26. The molecule has 1 aromatic carbocycles. The molecule has 0 fully saturated rings. The van der Waals surface area contributed by atoms with Crippen LogP contribution in [0.15, 0.2) is 6.07 Å². The Balaban J connectivity index is 3.11. The zero-order valence-corrected chi connectivity index (χ0v) is 8.19. The van der Waals surface area contributed by atoms with E-state index in [0.29, 0.717) is 35.2 Å². The Morgan fingerprint density at radius 3 is 2.85 bits per heavy atom. The van der Waals surface area contributed by atoms with Crippen LogP contribution in [0, 0.1) is 6.07 Å². The Kier molecular flexibility index (Phi) is 3.39. The quantitative estimate of drug-likeness (QED) is 0.727. The number of nitrogens with two attached hydrogens (primary N) is 2. The maximum atomic E-state index is 5.85. The normalized spacial score (nSPS) is 10.1. The topological polar surface area (TPSA) is 61.3 Å². The van der Waals surface area contributed by atoms with Crippen LogP contribution in [0.5, 0.6) is 5.75 Å². The van der Waals surface area contributed by atoms with Gasteiger partial charge in [0, 0.05) is 23.2 Å². The van der Waals surface area contributed by atoms with Gasteiger partial charge in [0.1, 0.15) is 0 Å². The van der Waals surface area contributed by atoms with Crippen LogP contribution >= 0.6 is 11.6 Å². The SMILES string of the molecule is CCOc1[c]cc(Cl)c(CN)c1N. The summed E-state index contributed by atoms with van der Waals surface area (Å²) in [4.78, 5) is 0. The average molecular weight is 200 g/mol. The molecule has 0 atom stereocenters. The largest absolute Gasteiger partial charge is 0.491 e. The molecule has 0 aromatic heterocycles. The number of anilines is 1. The summed E-state index contributed by atoms with van der Waals surface area (Å²) in [6.07, 6.45) is 0. The minimum Gasteiger partial charge on any atom is -0.491 e. The van der Waals surface area contributed by atoms with Crippen molar-refractivity contribution in [2.75, 3.05) is 12.3 Å². The smallest absolute Gasteiger partial charge is 0.150 e. The highest BCUT2D eigenvalue weighted by molar-refractivity contribution is 6.31. The van der Waals surface area contributed by atoms with Crippen LogP contribution in [0.2, 0.25) is 5.02 Å². The van der Waals surface area contributed by atoms with Gasteiger partial charge < -0.3 is 16.2 Å². The van der Waals surface area contributed by atoms with Gasteiger partial charge in [-0.1, -0.05) is 11.6 Å². The van der Waals surface area contributed by atoms with E-state index in [2.05, 4.69) is 6.07 Å². The molecule has 0 saturated carbocycles. The summed E-state index contributed by atoms with van der Waals surface area (Å²) in [5.41, 5.74) is 12.4. The molecule has 0 spiro atoms. The molecule has 0 aliphatic carbocycles. The summed E-state index contributed by atoms with van der Waals surface area (Å²) in [6.45, 7) is 2.73. The van der Waals surface area contributed by atoms with Crippen LogP contribution in [0.1, 0.15) is 12.5 Å². The summed E-state index contributed by atoms with van der Waals surface area (Å²) in [7, 11) is 0. The fraction of sp³-hybridized carbons (Fsp3) is 0.333. The van der Waals surface area contributed by atoms with Gasteiger partial charge in [-0.15, -0.1) is 0 Å². The first-order chi connectivity index (χ1) is 6.20. The summed E-state index contributed by atoms with van der Waals surface area (Å²) in [5, 5.41) is 0.531. The lowest BCUT2D eigenvalue weighted by atomic mass is 10.1. The highest BCUT2D eigenvalue weighted by Gasteiger charge is 2.08. The predicted octanol–water partition coefficient (Wildman–Crippen LogP) is 1.58. The highest BCUT2D eigenvalue weighted by atomic mass is 35.5. The van der Waals surface area contributed by atoms with Gasteiger partial charge in [0.05, 0.1) is 12.3 Å². The van der Waals surface area contributed by atoms with Crippen molar-refractivity contribution in [3.8, 4) is 5.75 Å². The molecule has 4 heteroatoms. The molecular weight excluding hydrogens is 188 g/mol. The molecule has 1 radical (unpaired) electrons. The summed E-state index contributed by atoms with van der Waals surface area (Å²) < 4.78 is 5.24. The summed E-state index contributed by atoms with van der Waals surface area (Å²) in [5.74, 6) is 0.521. The van der Waals surface area contributed by atoms with E-state index in [4.69, 9.17) is 27.8 Å². The summed E-state index contributed by atoms with van der Waals surface area (Å²) in [6, 6.07) is 4.46. The molecule has 0 amide bonds. The second-order valence-electron chi connectivity index (χ2n) is 2.50. The minimum absolute atomic E-state index is 0.305. The first-order valence-electron chi connectivity index (χ1n) is 4.02. The minimum atomic E-state index is 0.305. The molecule has 0 heterocycles. The van der Waals surface area contributed by atoms with E-state index in [9.17, 15) is 0 Å². The third-order valence-electron chi connectivity index (χ3n) is 1.68. The lowest BCUT2D eigenvalue weighted by Gasteiger charge is -2.10. The van der Waals surface area contributed by atoms with Crippen LogP contribution in [0.3, 0.4) is 0 Å². The van der Waals surface area contributed by atoms with Crippen LogP contribution in [-0.2, 0) is 6.54 Å². The maximum Gasteiger partial charge on any atom is 0.150 e. The fourth-order valence-electron chi connectivity index (χ4n) is 1.03. The highest BCUT2D eigenvalue weighted by Crippen LogP contribution is 2.30. The zero-order valence-electron chi connectivity index (χ0n) is 7.43. The Labute approximate surface area is 82.6 Å². The standard InChI is InChI=1S/C9H12ClN2O/c1-2-13-8-4-3-7(10)6(5-11)9(8)12/h3H,2,5,11-12H2,1H3. The van der Waals surface area contributed by atoms with Crippen molar-refractivity contribution >= 4 is 17.3 Å². The lowest BCUT2D eigenvalue weighted by Crippen LogP contribution is -2.05. The zero-order chi connectivity index (χ0) is 9.84. The Morgan fingerprint density at radius 2 is 2.31 bits per heavy atom. The van der Waals surface area contributed by atoms with Gasteiger partial charge >= 0.3 is 0 Å². The van der Waals surface area contributed by atoms with E-state index in [1.807, 2.05) is 6.92 Å². The van der Waals surface area contributed by atoms with Crippen LogP contribution in [-0.4, -0.2) is 6.61 Å². The number of ether oxygens (including phenoxy) is 1. The lowest BCUT2D eigenvalue weighted by molar-refractivity contribution is 0.341. The molecule has 71 valence electrons. The molecule has 0 aliphatic rings. The van der Waals surface area contributed by atoms with Gasteiger partial charge in [-0.2, -0.15) is 0 Å². The first-order valence-corrected chi connectivity index (χ1v) is 4.39. The molecule has 13 heavy (non-hydrogen) atoms. The second kappa shape index (κ2) is 4.35. The molecule has 0 bridgehead atoms. The molecule has 1 aromatic rings. The predicted molar refractivity (Wildman–Crippen MR) is 53.8 cm³/mol. The van der Waals surface area contributed by atoms with Crippen molar-refractivity contribution in [3.05, 3.63) is 22.7 Å². The average Bonchev–Trinajstić information content (AvgIpc) is 2.11. The van der Waals surface area contributed by atoms with Crippen LogP contribution < -0.4 is 16.2 Å². The van der Waals surface area contributed by atoms with Crippen molar-refractivity contribution in [1.82, 2.24) is 0 Å². The van der Waals surface area contributed by atoms with Gasteiger partial charge in [-0.05, 0) is 13.0 Å². The van der Waals surface area contributed by atoms with Crippen molar-refractivity contribution in [2.24, 2.45) is 5.73 Å². The van der Waals surface area contributed by atoms with Crippen LogP contribution in [0.4, 0.5) is 5.69 Å². The van der Waals surface area contributed by atoms with Crippen LogP contribution in [0.25, 0.3) is 0 Å². The van der Waals surface area contributed by atoms with Crippen molar-refractivity contribution in [3.63, 3.8) is 0 Å². The van der Waals surface area contributed by atoms with E-state index in [1.165, 1.54) is 0 Å². The second-order valence-corrected chi connectivity index (χ2v) is 2.90. The molecule has 0 unspecified atom stereocenters. The third kappa shape index (κ3) is 2.05. The number of nitrogen functional groups attached to an aromatic ring is 1. The van der Waals surface area contributed by atoms with Gasteiger partial charge in [0.2, 0.25) is 0 Å². The Bertz CT molecular complexity index is 302. The van der Waals surface area contributed by atoms with E-state index in [0.717, 1.165) is 0 Å². The van der Waals surface area contributed by atoms with Gasteiger partial charge in [0.25, 0.3) is 0 Å². The van der Waals surface area contributed by atoms with Gasteiger partial charge in [0.15, 0.2) is 5.75 Å². The number of halogens is 1. The van der Waals surface area contributed by atoms with Crippen molar-refractivity contribution in [1.29, 1.82) is 0 Å². The van der Waals surface area contributed by atoms with E-state index >= 15 is 0 Å². The molecular formula is C9H12ClN2O. The molecule has 0 saturated heterocycles. The number of hydrogen-bond acceptors (Lipinski definition) is 3. The van der Waals surface area contributed by atoms with E-state index < -0.39 is 0 Å². The maximum absolute atomic E-state index is 5.85. The number of benzene rings is 1. The Morgan fingerprint density at radius 1 is 1.62 bits per heavy atom.